The highest BCUT2D eigenvalue weighted by Crippen LogP contribution is 2.41. The van der Waals surface area contributed by atoms with Gasteiger partial charge in [0.1, 0.15) is 5.69 Å². The number of benzene rings is 1. The van der Waals surface area contributed by atoms with Gasteiger partial charge in [0, 0.05) is 24.5 Å². The first-order valence-corrected chi connectivity index (χ1v) is 7.63. The van der Waals surface area contributed by atoms with Gasteiger partial charge in [-0.25, -0.2) is 4.98 Å². The maximum absolute atomic E-state index is 12.6. The molecule has 4 nitrogen and oxygen atoms in total. The van der Waals surface area contributed by atoms with Crippen LogP contribution in [0.25, 0.3) is 10.9 Å². The van der Waals surface area contributed by atoms with Crippen molar-refractivity contribution in [3.8, 4) is 0 Å². The molecule has 2 aliphatic rings. The van der Waals surface area contributed by atoms with Gasteiger partial charge in [-0.15, -0.1) is 0 Å². The summed E-state index contributed by atoms with van der Waals surface area (Å²) in [5.74, 6) is 1.23. The molecule has 1 saturated carbocycles. The van der Waals surface area contributed by atoms with Crippen LogP contribution in [0.4, 0.5) is 0 Å². The number of aromatic nitrogens is 1. The predicted octanol–water partition coefficient (Wildman–Crippen LogP) is 2.04. The average Bonchev–Trinajstić information content (AvgIpc) is 3.28. The van der Waals surface area contributed by atoms with Gasteiger partial charge in [-0.2, -0.15) is 0 Å². The second-order valence-corrected chi connectivity index (χ2v) is 6.26. The maximum Gasteiger partial charge on any atom is 0.272 e. The van der Waals surface area contributed by atoms with E-state index in [-0.39, 0.29) is 11.9 Å². The average molecular weight is 281 g/mol. The number of hydrogen-bond acceptors (Lipinski definition) is 3. The highest BCUT2D eigenvalue weighted by molar-refractivity contribution is 5.95. The summed E-state index contributed by atoms with van der Waals surface area (Å²) >= 11 is 0. The molecule has 2 heterocycles. The van der Waals surface area contributed by atoms with E-state index in [9.17, 15) is 4.79 Å². The van der Waals surface area contributed by atoms with Crippen LogP contribution in [0.5, 0.6) is 0 Å². The Hall–Kier alpha value is -1.94. The quantitative estimate of drug-likeness (QED) is 0.916. The Labute approximate surface area is 124 Å². The Morgan fingerprint density at radius 2 is 1.95 bits per heavy atom. The van der Waals surface area contributed by atoms with Crippen molar-refractivity contribution in [1.82, 2.24) is 9.88 Å². The van der Waals surface area contributed by atoms with E-state index in [1.54, 1.807) is 0 Å². The molecule has 0 bridgehead atoms. The molecule has 1 aromatic heterocycles. The summed E-state index contributed by atoms with van der Waals surface area (Å²) in [6, 6.07) is 11.8. The van der Waals surface area contributed by atoms with Gasteiger partial charge in [-0.1, -0.05) is 24.3 Å². The van der Waals surface area contributed by atoms with Crippen LogP contribution in [0.2, 0.25) is 0 Å². The molecule has 2 fully saturated rings. The van der Waals surface area contributed by atoms with Crippen molar-refractivity contribution in [3.05, 3.63) is 42.1 Å². The highest BCUT2D eigenvalue weighted by Gasteiger charge is 2.42. The zero-order chi connectivity index (χ0) is 14.4. The second-order valence-electron chi connectivity index (χ2n) is 6.26. The van der Waals surface area contributed by atoms with Crippen LogP contribution in [0.3, 0.4) is 0 Å². The number of carbonyl (C=O) groups excluding carboxylic acids is 1. The number of hydrogen-bond donors (Lipinski definition) is 1. The first-order chi connectivity index (χ1) is 10.2. The Morgan fingerprint density at radius 3 is 2.76 bits per heavy atom. The lowest BCUT2D eigenvalue weighted by molar-refractivity contribution is 0.0779. The van der Waals surface area contributed by atoms with Crippen molar-refractivity contribution in [3.63, 3.8) is 0 Å². The minimum absolute atomic E-state index is 0.0133. The van der Waals surface area contributed by atoms with Crippen molar-refractivity contribution in [1.29, 1.82) is 0 Å². The molecule has 1 amide bonds. The van der Waals surface area contributed by atoms with Gasteiger partial charge in [0.15, 0.2) is 0 Å². The summed E-state index contributed by atoms with van der Waals surface area (Å²) in [5.41, 5.74) is 7.59. The van der Waals surface area contributed by atoms with E-state index in [2.05, 4.69) is 4.98 Å². The van der Waals surface area contributed by atoms with Gasteiger partial charge < -0.3 is 10.6 Å². The lowest BCUT2D eigenvalue weighted by atomic mass is 9.99. The summed E-state index contributed by atoms with van der Waals surface area (Å²) in [7, 11) is 0. The number of nitrogens with two attached hydrogens (primary N) is 1. The molecule has 1 aromatic carbocycles. The van der Waals surface area contributed by atoms with Crippen molar-refractivity contribution >= 4 is 16.8 Å². The van der Waals surface area contributed by atoms with Crippen LogP contribution in [0, 0.1) is 11.8 Å². The lowest BCUT2D eigenvalue weighted by Gasteiger charge is -2.16. The van der Waals surface area contributed by atoms with E-state index in [0.29, 0.717) is 18.2 Å². The van der Waals surface area contributed by atoms with Crippen LogP contribution >= 0.6 is 0 Å². The molecule has 4 heteroatoms. The van der Waals surface area contributed by atoms with Crippen LogP contribution in [-0.2, 0) is 0 Å². The summed E-state index contributed by atoms with van der Waals surface area (Å²) in [4.78, 5) is 19.0. The minimum Gasteiger partial charge on any atom is -0.335 e. The fourth-order valence-corrected chi connectivity index (χ4v) is 3.39. The normalized spacial score (nSPS) is 25.5. The third-order valence-electron chi connectivity index (χ3n) is 4.74. The molecular weight excluding hydrogens is 262 g/mol. The van der Waals surface area contributed by atoms with E-state index < -0.39 is 0 Å². The molecule has 0 spiro atoms. The van der Waals surface area contributed by atoms with Crippen LogP contribution in [0.1, 0.15) is 23.3 Å². The third kappa shape index (κ3) is 2.29. The van der Waals surface area contributed by atoms with E-state index >= 15 is 0 Å². The highest BCUT2D eigenvalue weighted by atomic mass is 16.2. The van der Waals surface area contributed by atoms with E-state index in [1.165, 1.54) is 12.8 Å². The molecule has 2 N–H and O–H groups in total. The first kappa shape index (κ1) is 12.8. The van der Waals surface area contributed by atoms with Crippen molar-refractivity contribution in [2.75, 3.05) is 13.1 Å². The Balaban J connectivity index is 1.58. The molecule has 108 valence electrons. The number of likely N-dealkylation sites (tertiary alicyclic amines) is 1. The molecule has 2 aromatic rings. The van der Waals surface area contributed by atoms with E-state index in [4.69, 9.17) is 5.73 Å². The van der Waals surface area contributed by atoms with Gasteiger partial charge >= 0.3 is 0 Å². The van der Waals surface area contributed by atoms with Gasteiger partial charge in [0.05, 0.1) is 5.52 Å². The maximum atomic E-state index is 12.6. The predicted molar refractivity (Wildman–Crippen MR) is 81.8 cm³/mol. The summed E-state index contributed by atoms with van der Waals surface area (Å²) in [6.45, 7) is 1.45. The standard InChI is InChI=1S/C17H19N3O/c18-14-10-20(9-13(14)11-5-6-11)17(21)16-8-7-12-3-1-2-4-15(12)19-16/h1-4,7-8,11,13-14H,5-6,9-10,18H2/t13-,14+/m0/s1. The van der Waals surface area contributed by atoms with Crippen LogP contribution in [-0.4, -0.2) is 34.9 Å². The zero-order valence-electron chi connectivity index (χ0n) is 11.9. The topological polar surface area (TPSA) is 59.2 Å². The fraction of sp³-hybridized carbons (Fsp3) is 0.412. The van der Waals surface area contributed by atoms with Crippen molar-refractivity contribution in [2.24, 2.45) is 17.6 Å². The zero-order valence-corrected chi connectivity index (χ0v) is 11.9. The first-order valence-electron chi connectivity index (χ1n) is 7.63. The molecule has 0 radical (unpaired) electrons. The summed E-state index contributed by atoms with van der Waals surface area (Å²) < 4.78 is 0. The second kappa shape index (κ2) is 4.81. The summed E-state index contributed by atoms with van der Waals surface area (Å²) in [6.07, 6.45) is 2.54. The minimum atomic E-state index is 0.0133. The molecule has 1 saturated heterocycles. The van der Waals surface area contributed by atoms with Gasteiger partial charge in [-0.3, -0.25) is 4.79 Å². The molecule has 1 aliphatic heterocycles. The molecular formula is C17H19N3O. The Kier molecular flexibility index (Phi) is 2.93. The van der Waals surface area contributed by atoms with E-state index in [1.807, 2.05) is 41.3 Å². The Morgan fingerprint density at radius 1 is 1.14 bits per heavy atom. The number of para-hydroxylation sites is 1. The number of amides is 1. The number of carbonyl (C=O) groups is 1. The van der Waals surface area contributed by atoms with Gasteiger partial charge in [0.25, 0.3) is 5.91 Å². The van der Waals surface area contributed by atoms with Crippen LogP contribution in [0.15, 0.2) is 36.4 Å². The van der Waals surface area contributed by atoms with E-state index in [0.717, 1.165) is 23.4 Å². The summed E-state index contributed by atoms with van der Waals surface area (Å²) in [5, 5.41) is 1.06. The van der Waals surface area contributed by atoms with Gasteiger partial charge in [-0.05, 0) is 36.8 Å². The Bertz CT molecular complexity index is 695. The number of pyridine rings is 1. The smallest absolute Gasteiger partial charge is 0.272 e. The fourth-order valence-electron chi connectivity index (χ4n) is 3.39. The third-order valence-corrected chi connectivity index (χ3v) is 4.74. The molecule has 2 atom stereocenters. The SMILES string of the molecule is N[C@@H]1CN(C(=O)c2ccc3ccccc3n2)C[C@H]1C1CC1. The largest absolute Gasteiger partial charge is 0.335 e. The number of rotatable bonds is 2. The lowest BCUT2D eigenvalue weighted by Crippen LogP contribution is -2.32. The van der Waals surface area contributed by atoms with Crippen molar-refractivity contribution < 1.29 is 4.79 Å². The monoisotopic (exact) mass is 281 g/mol. The number of fused-ring (bicyclic) bond motifs is 1. The van der Waals surface area contributed by atoms with Crippen molar-refractivity contribution in [2.45, 2.75) is 18.9 Å². The molecule has 0 unspecified atom stereocenters. The number of nitrogens with zero attached hydrogens (tertiary/aromatic N) is 2. The molecule has 1 aliphatic carbocycles. The van der Waals surface area contributed by atoms with Crippen LogP contribution < -0.4 is 5.73 Å². The molecule has 4 rings (SSSR count). The molecule has 21 heavy (non-hydrogen) atoms. The van der Waals surface area contributed by atoms with Gasteiger partial charge in [0.2, 0.25) is 0 Å².